The number of hydrogen-bond donors (Lipinski definition) is 1. The van der Waals surface area contributed by atoms with Crippen LogP contribution in [0.25, 0.3) is 0 Å². The Morgan fingerprint density at radius 1 is 1.05 bits per heavy atom. The van der Waals surface area contributed by atoms with E-state index in [1.807, 2.05) is 11.8 Å². The first-order valence-electron chi connectivity index (χ1n) is 7.42. The third-order valence-corrected chi connectivity index (χ3v) is 6.72. The molecule has 0 atom stereocenters. The number of anilines is 1. The zero-order valence-corrected chi connectivity index (χ0v) is 12.0. The lowest BCUT2D eigenvalue weighted by Gasteiger charge is -2.56. The monoisotopic (exact) mass is 275 g/mol. The van der Waals surface area contributed by atoms with E-state index < -0.39 is 0 Å². The van der Waals surface area contributed by atoms with Gasteiger partial charge in [-0.3, -0.25) is 0 Å². The number of aromatic nitrogens is 2. The molecular formula is C15H21N3S. The van der Waals surface area contributed by atoms with Gasteiger partial charge in [0.2, 0.25) is 0 Å². The summed E-state index contributed by atoms with van der Waals surface area (Å²) in [6.07, 6.45) is 12.3. The zero-order valence-electron chi connectivity index (χ0n) is 11.2. The van der Waals surface area contributed by atoms with E-state index in [0.717, 1.165) is 22.8 Å². The van der Waals surface area contributed by atoms with Crippen LogP contribution in [-0.4, -0.2) is 15.7 Å². The maximum atomic E-state index is 5.90. The Hall–Kier alpha value is -0.770. The van der Waals surface area contributed by atoms with Crippen LogP contribution in [-0.2, 0) is 0 Å². The number of nitrogen functional groups attached to an aromatic ring is 1. The molecule has 4 fully saturated rings. The minimum Gasteiger partial charge on any atom is -0.381 e. The van der Waals surface area contributed by atoms with Crippen molar-refractivity contribution in [3.8, 4) is 0 Å². The van der Waals surface area contributed by atoms with E-state index in [0.29, 0.717) is 11.2 Å². The van der Waals surface area contributed by atoms with E-state index in [1.54, 1.807) is 12.4 Å². The molecule has 0 unspecified atom stereocenters. The Labute approximate surface area is 118 Å². The molecule has 5 rings (SSSR count). The van der Waals surface area contributed by atoms with Crippen LogP contribution in [0.3, 0.4) is 0 Å². The molecule has 4 aliphatic carbocycles. The lowest BCUT2D eigenvalue weighted by atomic mass is 9.50. The molecule has 1 aromatic heterocycles. The second-order valence-corrected chi connectivity index (χ2v) is 7.92. The highest BCUT2D eigenvalue weighted by atomic mass is 32.2. The van der Waals surface area contributed by atoms with Crippen LogP contribution in [0.1, 0.15) is 38.5 Å². The van der Waals surface area contributed by atoms with Crippen molar-refractivity contribution in [3.63, 3.8) is 0 Å². The van der Waals surface area contributed by atoms with Crippen molar-refractivity contribution >= 4 is 17.6 Å². The van der Waals surface area contributed by atoms with Crippen LogP contribution in [0.4, 0.5) is 5.82 Å². The fourth-order valence-corrected chi connectivity index (χ4v) is 6.27. The second-order valence-electron chi connectivity index (χ2n) is 6.95. The van der Waals surface area contributed by atoms with Crippen molar-refractivity contribution in [3.05, 3.63) is 12.4 Å². The van der Waals surface area contributed by atoms with Gasteiger partial charge in [-0.25, -0.2) is 9.97 Å². The molecule has 102 valence electrons. The van der Waals surface area contributed by atoms with Crippen LogP contribution in [0.15, 0.2) is 17.4 Å². The molecule has 0 spiro atoms. The third-order valence-electron chi connectivity index (χ3n) is 5.37. The second kappa shape index (κ2) is 4.37. The summed E-state index contributed by atoms with van der Waals surface area (Å²) in [5.74, 6) is 4.85. The molecule has 0 saturated heterocycles. The summed E-state index contributed by atoms with van der Waals surface area (Å²) in [7, 11) is 0. The first kappa shape index (κ1) is 12.0. The molecule has 0 aromatic carbocycles. The van der Waals surface area contributed by atoms with Gasteiger partial charge in [0.05, 0.1) is 0 Å². The highest BCUT2D eigenvalue weighted by molar-refractivity contribution is 7.99. The van der Waals surface area contributed by atoms with Crippen molar-refractivity contribution in [1.82, 2.24) is 9.97 Å². The lowest BCUT2D eigenvalue weighted by Crippen LogP contribution is -2.47. The largest absolute Gasteiger partial charge is 0.381 e. The Morgan fingerprint density at radius 3 is 2.21 bits per heavy atom. The number of rotatable bonds is 3. The van der Waals surface area contributed by atoms with Gasteiger partial charge in [0.25, 0.3) is 0 Å². The van der Waals surface area contributed by atoms with E-state index in [-0.39, 0.29) is 0 Å². The highest BCUT2D eigenvalue weighted by Crippen LogP contribution is 2.61. The summed E-state index contributed by atoms with van der Waals surface area (Å²) in [6.45, 7) is 0. The molecule has 4 bridgehead atoms. The van der Waals surface area contributed by atoms with Gasteiger partial charge in [-0.2, -0.15) is 0 Å². The van der Waals surface area contributed by atoms with Crippen LogP contribution in [0.2, 0.25) is 0 Å². The van der Waals surface area contributed by atoms with Crippen LogP contribution in [0.5, 0.6) is 0 Å². The summed E-state index contributed by atoms with van der Waals surface area (Å²) >= 11 is 1.84. The Kier molecular flexibility index (Phi) is 2.76. The van der Waals surface area contributed by atoms with Crippen molar-refractivity contribution in [2.75, 3.05) is 11.5 Å². The lowest BCUT2D eigenvalue weighted by molar-refractivity contribution is -0.0381. The molecule has 3 nitrogen and oxygen atoms in total. The zero-order chi connectivity index (χ0) is 12.9. The SMILES string of the molecule is Nc1nccnc1SCC12CC3CC(CC(C3)C1)C2. The van der Waals surface area contributed by atoms with E-state index in [4.69, 9.17) is 5.73 Å². The molecule has 19 heavy (non-hydrogen) atoms. The van der Waals surface area contributed by atoms with Gasteiger partial charge < -0.3 is 5.73 Å². The van der Waals surface area contributed by atoms with Crippen LogP contribution < -0.4 is 5.73 Å². The molecule has 4 aliphatic rings. The Morgan fingerprint density at radius 2 is 1.63 bits per heavy atom. The van der Waals surface area contributed by atoms with Crippen molar-refractivity contribution < 1.29 is 0 Å². The predicted octanol–water partition coefficient (Wildman–Crippen LogP) is 3.37. The van der Waals surface area contributed by atoms with Crippen LogP contribution in [0, 0.1) is 23.2 Å². The standard InChI is InChI=1S/C15H21N3S/c16-13-14(18-2-1-17-13)19-9-15-6-10-3-11(7-15)5-12(4-10)8-15/h1-2,10-12H,3-9H2,(H2,16,17). The first-order valence-corrected chi connectivity index (χ1v) is 8.40. The van der Waals surface area contributed by atoms with Gasteiger partial charge in [-0.1, -0.05) is 0 Å². The molecule has 4 heteroatoms. The van der Waals surface area contributed by atoms with Crippen molar-refractivity contribution in [2.45, 2.75) is 43.6 Å². The Bertz CT molecular complexity index is 453. The normalized spacial score (nSPS) is 39.7. The quantitative estimate of drug-likeness (QED) is 0.859. The summed E-state index contributed by atoms with van der Waals surface area (Å²) in [5, 5.41) is 0.929. The van der Waals surface area contributed by atoms with Crippen molar-refractivity contribution in [2.24, 2.45) is 23.2 Å². The van der Waals surface area contributed by atoms with Gasteiger partial charge in [0, 0.05) is 18.1 Å². The maximum absolute atomic E-state index is 5.90. The van der Waals surface area contributed by atoms with Crippen LogP contribution >= 0.6 is 11.8 Å². The first-order chi connectivity index (χ1) is 9.22. The summed E-state index contributed by atoms with van der Waals surface area (Å²) < 4.78 is 0. The topological polar surface area (TPSA) is 51.8 Å². The highest BCUT2D eigenvalue weighted by Gasteiger charge is 2.50. The predicted molar refractivity (Wildman–Crippen MR) is 77.8 cm³/mol. The summed E-state index contributed by atoms with van der Waals surface area (Å²) in [6, 6.07) is 0. The number of nitrogens with two attached hydrogens (primary N) is 1. The molecule has 1 heterocycles. The molecule has 0 aliphatic heterocycles. The van der Waals surface area contributed by atoms with Gasteiger partial charge in [-0.15, -0.1) is 11.8 Å². The average Bonchev–Trinajstić information content (AvgIpc) is 2.36. The molecular weight excluding hydrogens is 254 g/mol. The number of nitrogens with zero attached hydrogens (tertiary/aromatic N) is 2. The smallest absolute Gasteiger partial charge is 0.156 e. The Balaban J connectivity index is 1.49. The minimum absolute atomic E-state index is 0.587. The van der Waals surface area contributed by atoms with Gasteiger partial charge in [0.1, 0.15) is 5.03 Å². The van der Waals surface area contributed by atoms with Gasteiger partial charge in [0.15, 0.2) is 5.82 Å². The average molecular weight is 275 g/mol. The van der Waals surface area contributed by atoms with E-state index in [9.17, 15) is 0 Å². The minimum atomic E-state index is 0.587. The maximum Gasteiger partial charge on any atom is 0.156 e. The summed E-state index contributed by atoms with van der Waals surface area (Å²) in [5.41, 5.74) is 6.49. The molecule has 4 saturated carbocycles. The molecule has 0 radical (unpaired) electrons. The molecule has 2 N–H and O–H groups in total. The van der Waals surface area contributed by atoms with Gasteiger partial charge >= 0.3 is 0 Å². The molecule has 0 amide bonds. The van der Waals surface area contributed by atoms with Gasteiger partial charge in [-0.05, 0) is 61.7 Å². The molecule has 1 aromatic rings. The number of thioether (sulfide) groups is 1. The summed E-state index contributed by atoms with van der Waals surface area (Å²) in [4.78, 5) is 8.51. The fourth-order valence-electron chi connectivity index (χ4n) is 5.14. The van der Waals surface area contributed by atoms with E-state index in [2.05, 4.69) is 9.97 Å². The number of hydrogen-bond acceptors (Lipinski definition) is 4. The van der Waals surface area contributed by atoms with E-state index in [1.165, 1.54) is 44.3 Å². The van der Waals surface area contributed by atoms with E-state index >= 15 is 0 Å². The third kappa shape index (κ3) is 2.14. The fraction of sp³-hybridized carbons (Fsp3) is 0.733. The van der Waals surface area contributed by atoms with Crippen molar-refractivity contribution in [1.29, 1.82) is 0 Å².